The summed E-state index contributed by atoms with van der Waals surface area (Å²) in [5.41, 5.74) is 7.23. The van der Waals surface area contributed by atoms with E-state index in [9.17, 15) is 15.3 Å². The van der Waals surface area contributed by atoms with Gasteiger partial charge in [0.1, 0.15) is 17.4 Å². The van der Waals surface area contributed by atoms with E-state index in [2.05, 4.69) is 15.0 Å². The molecule has 2 atom stereocenters. The lowest BCUT2D eigenvalue weighted by Gasteiger charge is -2.17. The zero-order valence-corrected chi connectivity index (χ0v) is 12.1. The fourth-order valence-electron chi connectivity index (χ4n) is 2.51. The summed E-state index contributed by atoms with van der Waals surface area (Å²) in [6.45, 7) is -0.292. The van der Waals surface area contributed by atoms with Crippen molar-refractivity contribution in [1.29, 1.82) is 0 Å². The fourth-order valence-corrected chi connectivity index (χ4v) is 2.88. The van der Waals surface area contributed by atoms with Crippen LogP contribution in [0.4, 0.5) is 5.82 Å². The molecule has 0 unspecified atom stereocenters. The number of rotatable bonds is 3. The Morgan fingerprint density at radius 1 is 1.48 bits per heavy atom. The maximum atomic E-state index is 10.1. The molecule has 112 valence electrons. The lowest BCUT2D eigenvalue weighted by Crippen LogP contribution is -2.21. The first-order valence-electron chi connectivity index (χ1n) is 6.30. The Hall–Kier alpha value is -1.84. The van der Waals surface area contributed by atoms with E-state index in [4.69, 9.17) is 5.73 Å². The number of fused-ring (bicyclic) bond motifs is 1. The Kier molecular flexibility index (Phi) is 3.47. The van der Waals surface area contributed by atoms with Crippen molar-refractivity contribution in [2.24, 2.45) is 0 Å². The first kappa shape index (κ1) is 14.1. The number of thioether (sulfide) groups is 1. The minimum absolute atomic E-state index is 0.184. The van der Waals surface area contributed by atoms with Gasteiger partial charge in [-0.25, -0.2) is 15.0 Å². The monoisotopic (exact) mass is 309 g/mol. The molecule has 0 amide bonds. The Morgan fingerprint density at radius 2 is 2.24 bits per heavy atom. The van der Waals surface area contributed by atoms with E-state index in [1.165, 1.54) is 18.1 Å². The van der Waals surface area contributed by atoms with Gasteiger partial charge in [-0.2, -0.15) is 0 Å². The van der Waals surface area contributed by atoms with Gasteiger partial charge in [0.2, 0.25) is 0 Å². The van der Waals surface area contributed by atoms with Gasteiger partial charge in [0.15, 0.2) is 16.6 Å². The minimum Gasteiger partial charge on any atom is -0.509 e. The van der Waals surface area contributed by atoms with Crippen molar-refractivity contribution in [1.82, 2.24) is 19.5 Å². The highest BCUT2D eigenvalue weighted by Gasteiger charge is 2.35. The van der Waals surface area contributed by atoms with Crippen molar-refractivity contribution >= 4 is 28.7 Å². The summed E-state index contributed by atoms with van der Waals surface area (Å²) in [7, 11) is 0. The molecule has 8 nitrogen and oxygen atoms in total. The highest BCUT2D eigenvalue weighted by molar-refractivity contribution is 7.98. The second-order valence-electron chi connectivity index (χ2n) is 4.78. The van der Waals surface area contributed by atoms with Crippen LogP contribution >= 0.6 is 11.8 Å². The second-order valence-corrected chi connectivity index (χ2v) is 5.56. The molecule has 0 bridgehead atoms. The van der Waals surface area contributed by atoms with Gasteiger partial charge in [-0.3, -0.25) is 0 Å². The molecule has 0 spiro atoms. The largest absolute Gasteiger partial charge is 0.509 e. The van der Waals surface area contributed by atoms with Gasteiger partial charge in [-0.1, -0.05) is 11.8 Å². The first-order chi connectivity index (χ1) is 10.1. The first-order valence-corrected chi connectivity index (χ1v) is 7.53. The van der Waals surface area contributed by atoms with Crippen molar-refractivity contribution in [3.05, 3.63) is 17.7 Å². The maximum absolute atomic E-state index is 10.1. The Morgan fingerprint density at radius 3 is 2.86 bits per heavy atom. The Bertz CT molecular complexity index is 729. The summed E-state index contributed by atoms with van der Waals surface area (Å²) in [5, 5.41) is 29.7. The molecule has 1 aliphatic rings. The fraction of sp³-hybridized carbons (Fsp3) is 0.417. The van der Waals surface area contributed by atoms with Crippen molar-refractivity contribution in [2.45, 2.75) is 23.7 Å². The van der Waals surface area contributed by atoms with Gasteiger partial charge < -0.3 is 25.6 Å². The van der Waals surface area contributed by atoms with E-state index in [0.29, 0.717) is 28.3 Å². The van der Waals surface area contributed by atoms with E-state index in [1.54, 1.807) is 4.57 Å². The van der Waals surface area contributed by atoms with Gasteiger partial charge in [0.25, 0.3) is 0 Å². The molecule has 9 heteroatoms. The Labute approximate surface area is 124 Å². The molecule has 2 aromatic rings. The standard InChI is InChI=1S/C12H15N5O3S/c1-21-12-15-10(13)7-11(16-12)17(4-14-7)6-2-5(3-18)8(19)9(6)20/h4,6,9,18-20H,2-3H2,1H3,(H2,13,15,16)/t6-,9-/m1/s1. The summed E-state index contributed by atoms with van der Waals surface area (Å²) < 4.78 is 1.66. The van der Waals surface area contributed by atoms with Crippen LogP contribution in [0, 0.1) is 0 Å². The zero-order chi connectivity index (χ0) is 15.1. The third-order valence-corrected chi connectivity index (χ3v) is 4.17. The van der Waals surface area contributed by atoms with Crippen LogP contribution < -0.4 is 5.73 Å². The van der Waals surface area contributed by atoms with E-state index < -0.39 is 12.1 Å². The predicted octanol–water partition coefficient (Wildman–Crippen LogP) is 0.240. The van der Waals surface area contributed by atoms with Crippen molar-refractivity contribution in [2.75, 3.05) is 18.6 Å². The van der Waals surface area contributed by atoms with Gasteiger partial charge in [0.05, 0.1) is 19.0 Å². The molecule has 3 rings (SSSR count). The maximum Gasteiger partial charge on any atom is 0.191 e. The summed E-state index contributed by atoms with van der Waals surface area (Å²) >= 11 is 1.35. The highest BCUT2D eigenvalue weighted by atomic mass is 32.2. The van der Waals surface area contributed by atoms with Gasteiger partial charge in [0, 0.05) is 0 Å². The van der Waals surface area contributed by atoms with E-state index in [0.717, 1.165) is 0 Å². The normalized spacial score (nSPS) is 22.4. The Balaban J connectivity index is 2.08. The van der Waals surface area contributed by atoms with Crippen LogP contribution in [-0.2, 0) is 0 Å². The molecule has 2 aromatic heterocycles. The van der Waals surface area contributed by atoms with Crippen LogP contribution in [-0.4, -0.2) is 53.8 Å². The van der Waals surface area contributed by atoms with E-state index in [1.807, 2.05) is 6.26 Å². The molecule has 0 aromatic carbocycles. The topological polar surface area (TPSA) is 130 Å². The number of imidazole rings is 1. The molecule has 21 heavy (non-hydrogen) atoms. The average Bonchev–Trinajstić information content (AvgIpc) is 3.02. The lowest BCUT2D eigenvalue weighted by molar-refractivity contribution is 0.118. The number of nitrogen functional groups attached to an aromatic ring is 1. The number of anilines is 1. The van der Waals surface area contributed by atoms with Crippen LogP contribution in [0.15, 0.2) is 22.8 Å². The predicted molar refractivity (Wildman–Crippen MR) is 77.9 cm³/mol. The molecule has 0 saturated carbocycles. The number of nitrogens with two attached hydrogens (primary N) is 1. The van der Waals surface area contributed by atoms with Crippen LogP contribution in [0.1, 0.15) is 12.5 Å². The molecule has 1 aliphatic carbocycles. The SMILES string of the molecule is CSc1nc(N)c2ncn([C@@H]3CC(CO)=C(O)[C@@H]3O)c2n1. The van der Waals surface area contributed by atoms with Crippen LogP contribution in [0.2, 0.25) is 0 Å². The van der Waals surface area contributed by atoms with Gasteiger partial charge in [-0.15, -0.1) is 0 Å². The summed E-state index contributed by atoms with van der Waals surface area (Å²) in [4.78, 5) is 12.7. The van der Waals surface area contributed by atoms with Gasteiger partial charge >= 0.3 is 0 Å². The second kappa shape index (κ2) is 5.17. The molecule has 0 aliphatic heterocycles. The van der Waals surface area contributed by atoms with Crippen molar-refractivity contribution in [3.63, 3.8) is 0 Å². The third kappa shape index (κ3) is 2.13. The van der Waals surface area contributed by atoms with Crippen LogP contribution in [0.25, 0.3) is 11.2 Å². The van der Waals surface area contributed by atoms with Crippen molar-refractivity contribution in [3.8, 4) is 0 Å². The van der Waals surface area contributed by atoms with Gasteiger partial charge in [-0.05, 0) is 18.2 Å². The molecule has 5 N–H and O–H groups in total. The number of aromatic nitrogens is 4. The molecule has 2 heterocycles. The number of aliphatic hydroxyl groups is 3. The van der Waals surface area contributed by atoms with Crippen LogP contribution in [0.5, 0.6) is 0 Å². The number of hydrogen-bond acceptors (Lipinski definition) is 8. The number of aliphatic hydroxyl groups excluding tert-OH is 3. The minimum atomic E-state index is -1.10. The lowest BCUT2D eigenvalue weighted by atomic mass is 10.1. The zero-order valence-electron chi connectivity index (χ0n) is 11.3. The average molecular weight is 309 g/mol. The quantitative estimate of drug-likeness (QED) is 0.468. The number of nitrogens with zero attached hydrogens (tertiary/aromatic N) is 4. The van der Waals surface area contributed by atoms with Crippen LogP contribution in [0.3, 0.4) is 0 Å². The van der Waals surface area contributed by atoms with E-state index >= 15 is 0 Å². The smallest absolute Gasteiger partial charge is 0.191 e. The van der Waals surface area contributed by atoms with Crippen molar-refractivity contribution < 1.29 is 15.3 Å². The highest BCUT2D eigenvalue weighted by Crippen LogP contribution is 2.36. The van der Waals surface area contributed by atoms with E-state index in [-0.39, 0.29) is 18.2 Å². The summed E-state index contributed by atoms with van der Waals surface area (Å²) in [6.07, 6.45) is 2.58. The third-order valence-electron chi connectivity index (χ3n) is 3.62. The molecular formula is C12H15N5O3S. The molecule has 0 saturated heterocycles. The summed E-state index contributed by atoms with van der Waals surface area (Å²) in [5.74, 6) is 0.0895. The summed E-state index contributed by atoms with van der Waals surface area (Å²) in [6, 6.07) is -0.471. The molecule has 0 fully saturated rings. The molecule has 0 radical (unpaired) electrons. The number of hydrogen-bond donors (Lipinski definition) is 4. The molecular weight excluding hydrogens is 294 g/mol.